The third-order valence-corrected chi connectivity index (χ3v) is 5.71. The third kappa shape index (κ3) is 3.35. The molecule has 1 atom stereocenters. The van der Waals surface area contributed by atoms with Crippen LogP contribution >= 0.6 is 11.3 Å². The van der Waals surface area contributed by atoms with Gasteiger partial charge in [-0.05, 0) is 37.5 Å². The lowest BCUT2D eigenvalue weighted by molar-refractivity contribution is -0.123. The average Bonchev–Trinajstić information content (AvgIpc) is 3.13. The maximum absolute atomic E-state index is 12.2. The van der Waals surface area contributed by atoms with Gasteiger partial charge in [0.1, 0.15) is 22.5 Å². The summed E-state index contributed by atoms with van der Waals surface area (Å²) >= 11 is 1.56. The monoisotopic (exact) mass is 398 g/mol. The van der Waals surface area contributed by atoms with Crippen LogP contribution in [0.5, 0.6) is 11.5 Å². The van der Waals surface area contributed by atoms with Gasteiger partial charge in [0.05, 0.1) is 19.6 Å². The molecule has 1 unspecified atom stereocenters. The van der Waals surface area contributed by atoms with E-state index >= 15 is 0 Å². The van der Waals surface area contributed by atoms with Gasteiger partial charge in [-0.3, -0.25) is 4.79 Å². The summed E-state index contributed by atoms with van der Waals surface area (Å²) in [7, 11) is 3.24. The van der Waals surface area contributed by atoms with Gasteiger partial charge >= 0.3 is 0 Å². The molecule has 2 N–H and O–H groups in total. The van der Waals surface area contributed by atoms with E-state index in [1.807, 2.05) is 25.1 Å². The number of hydrogen-bond donors (Lipinski definition) is 2. The summed E-state index contributed by atoms with van der Waals surface area (Å²) in [5, 5.41) is 9.24. The van der Waals surface area contributed by atoms with Gasteiger partial charge < -0.3 is 20.1 Å². The number of aryl methyl sites for hydroxylation is 1. The fourth-order valence-corrected chi connectivity index (χ4v) is 4.44. The Hall–Kier alpha value is -2.87. The summed E-state index contributed by atoms with van der Waals surface area (Å²) in [5.41, 5.74) is 1.98. The standard InChI is InChI=1S/C20H22N4O3S/c1-11-22-18(24-14-5-4-8-21-19(14)25)17-13(10-28-20(17)23-11)12-6-7-15(26-2)16(9-12)27-3/h6-7,9-10,14H,4-5,8H2,1-3H3,(H,21,25)(H,22,23,24). The Bertz CT molecular complexity index is 1030. The second-order valence-corrected chi connectivity index (χ2v) is 7.51. The predicted octanol–water partition coefficient (Wildman–Crippen LogP) is 3.37. The Morgan fingerprint density at radius 3 is 2.79 bits per heavy atom. The highest BCUT2D eigenvalue weighted by Crippen LogP contribution is 2.40. The van der Waals surface area contributed by atoms with Crippen molar-refractivity contribution in [2.75, 3.05) is 26.1 Å². The number of nitrogens with zero attached hydrogens (tertiary/aromatic N) is 2. The van der Waals surface area contributed by atoms with Crippen LogP contribution < -0.4 is 20.1 Å². The molecule has 7 nitrogen and oxygen atoms in total. The van der Waals surface area contributed by atoms with E-state index in [9.17, 15) is 4.79 Å². The van der Waals surface area contributed by atoms with Gasteiger partial charge in [-0.15, -0.1) is 11.3 Å². The molecule has 8 heteroatoms. The first kappa shape index (κ1) is 18.5. The van der Waals surface area contributed by atoms with Crippen molar-refractivity contribution in [3.05, 3.63) is 29.4 Å². The number of hydrogen-bond acceptors (Lipinski definition) is 7. The Balaban J connectivity index is 1.81. The molecule has 28 heavy (non-hydrogen) atoms. The number of fused-ring (bicyclic) bond motifs is 1. The molecule has 1 saturated heterocycles. The van der Waals surface area contributed by atoms with Crippen LogP contribution in [0.3, 0.4) is 0 Å². The molecule has 1 aliphatic rings. The molecule has 3 aromatic rings. The second kappa shape index (κ2) is 7.63. The average molecular weight is 398 g/mol. The van der Waals surface area contributed by atoms with Crippen LogP contribution in [-0.2, 0) is 4.79 Å². The highest BCUT2D eigenvalue weighted by Gasteiger charge is 2.24. The van der Waals surface area contributed by atoms with Gasteiger partial charge in [0.15, 0.2) is 11.5 Å². The lowest BCUT2D eigenvalue weighted by Crippen LogP contribution is -2.44. The van der Waals surface area contributed by atoms with Crippen molar-refractivity contribution in [2.45, 2.75) is 25.8 Å². The van der Waals surface area contributed by atoms with E-state index in [2.05, 4.69) is 26.0 Å². The molecule has 1 aromatic carbocycles. The van der Waals surface area contributed by atoms with Crippen molar-refractivity contribution in [1.82, 2.24) is 15.3 Å². The van der Waals surface area contributed by atoms with E-state index in [1.165, 1.54) is 0 Å². The number of aromatic nitrogens is 2. The summed E-state index contributed by atoms with van der Waals surface area (Å²) in [4.78, 5) is 22.3. The number of ether oxygens (including phenoxy) is 2. The molecule has 0 spiro atoms. The van der Waals surface area contributed by atoms with E-state index in [1.54, 1.807) is 25.6 Å². The molecule has 2 aromatic heterocycles. The van der Waals surface area contributed by atoms with Crippen LogP contribution in [0.25, 0.3) is 21.3 Å². The van der Waals surface area contributed by atoms with Gasteiger partial charge in [-0.25, -0.2) is 9.97 Å². The second-order valence-electron chi connectivity index (χ2n) is 6.65. The number of methoxy groups -OCH3 is 2. The van der Waals surface area contributed by atoms with Crippen molar-refractivity contribution >= 4 is 33.3 Å². The van der Waals surface area contributed by atoms with Crippen LogP contribution in [-0.4, -0.2) is 42.7 Å². The minimum atomic E-state index is -0.288. The van der Waals surface area contributed by atoms with Crippen molar-refractivity contribution < 1.29 is 14.3 Å². The quantitative estimate of drug-likeness (QED) is 0.685. The first-order chi connectivity index (χ1) is 13.6. The van der Waals surface area contributed by atoms with Crippen molar-refractivity contribution in [2.24, 2.45) is 0 Å². The van der Waals surface area contributed by atoms with Crippen LogP contribution in [0, 0.1) is 6.92 Å². The summed E-state index contributed by atoms with van der Waals surface area (Å²) < 4.78 is 10.8. The number of benzene rings is 1. The van der Waals surface area contributed by atoms with Crippen LogP contribution in [0.4, 0.5) is 5.82 Å². The summed E-state index contributed by atoms with van der Waals surface area (Å²) in [6.45, 7) is 2.59. The third-order valence-electron chi connectivity index (χ3n) is 4.84. The van der Waals surface area contributed by atoms with Gasteiger partial charge in [0.25, 0.3) is 0 Å². The Morgan fingerprint density at radius 1 is 1.21 bits per heavy atom. The van der Waals surface area contributed by atoms with Crippen LogP contribution in [0.1, 0.15) is 18.7 Å². The number of thiophene rings is 1. The van der Waals surface area contributed by atoms with Crippen LogP contribution in [0.2, 0.25) is 0 Å². The largest absolute Gasteiger partial charge is 0.493 e. The Kier molecular flexibility index (Phi) is 5.04. The molecular formula is C20H22N4O3S. The Labute approximate surface area is 167 Å². The van der Waals surface area contributed by atoms with Crippen molar-refractivity contribution in [1.29, 1.82) is 0 Å². The predicted molar refractivity (Wildman–Crippen MR) is 110 cm³/mol. The number of nitrogens with one attached hydrogen (secondary N) is 2. The zero-order valence-electron chi connectivity index (χ0n) is 16.0. The van der Waals surface area contributed by atoms with Crippen molar-refractivity contribution in [3.8, 4) is 22.6 Å². The minimum Gasteiger partial charge on any atom is -0.493 e. The maximum Gasteiger partial charge on any atom is 0.242 e. The fourth-order valence-electron chi connectivity index (χ4n) is 3.44. The SMILES string of the molecule is COc1ccc(-c2csc3nc(C)nc(NC4CCCNC4=O)c23)cc1OC. The van der Waals surface area contributed by atoms with E-state index in [4.69, 9.17) is 9.47 Å². The zero-order chi connectivity index (χ0) is 19.7. The topological polar surface area (TPSA) is 85.4 Å². The van der Waals surface area contributed by atoms with E-state index < -0.39 is 0 Å². The summed E-state index contributed by atoms with van der Waals surface area (Å²) in [6.07, 6.45) is 1.73. The first-order valence-corrected chi connectivity index (χ1v) is 10.0. The molecule has 0 saturated carbocycles. The van der Waals surface area contributed by atoms with E-state index in [0.717, 1.165) is 40.7 Å². The molecule has 1 aliphatic heterocycles. The summed E-state index contributed by atoms with van der Waals surface area (Å²) in [6, 6.07) is 5.52. The van der Waals surface area contributed by atoms with E-state index in [0.29, 0.717) is 23.1 Å². The Morgan fingerprint density at radius 2 is 2.04 bits per heavy atom. The number of amides is 1. The number of piperidine rings is 1. The molecular weight excluding hydrogens is 376 g/mol. The van der Waals surface area contributed by atoms with Gasteiger partial charge in [0.2, 0.25) is 5.91 Å². The maximum atomic E-state index is 12.2. The number of rotatable bonds is 5. The van der Waals surface area contributed by atoms with Crippen LogP contribution in [0.15, 0.2) is 23.6 Å². The van der Waals surface area contributed by atoms with Gasteiger partial charge in [-0.1, -0.05) is 6.07 Å². The molecule has 1 amide bonds. The molecule has 0 bridgehead atoms. The lowest BCUT2D eigenvalue weighted by Gasteiger charge is -2.23. The summed E-state index contributed by atoms with van der Waals surface area (Å²) in [5.74, 6) is 2.71. The van der Waals surface area contributed by atoms with E-state index in [-0.39, 0.29) is 11.9 Å². The molecule has 0 aliphatic carbocycles. The molecule has 3 heterocycles. The molecule has 4 rings (SSSR count). The highest BCUT2D eigenvalue weighted by molar-refractivity contribution is 7.17. The number of carbonyl (C=O) groups excluding carboxylic acids is 1. The minimum absolute atomic E-state index is 0.0126. The number of carbonyl (C=O) groups is 1. The smallest absolute Gasteiger partial charge is 0.242 e. The van der Waals surface area contributed by atoms with Gasteiger partial charge in [-0.2, -0.15) is 0 Å². The van der Waals surface area contributed by atoms with Crippen molar-refractivity contribution in [3.63, 3.8) is 0 Å². The normalized spacial score (nSPS) is 16.7. The lowest BCUT2D eigenvalue weighted by atomic mass is 10.0. The molecule has 1 fully saturated rings. The number of anilines is 1. The highest BCUT2D eigenvalue weighted by atomic mass is 32.1. The molecule has 146 valence electrons. The fraction of sp³-hybridized carbons (Fsp3) is 0.350. The molecule has 0 radical (unpaired) electrons. The first-order valence-electron chi connectivity index (χ1n) is 9.13. The van der Waals surface area contributed by atoms with Gasteiger partial charge in [0, 0.05) is 17.5 Å². The zero-order valence-corrected chi connectivity index (χ0v) is 16.9.